The van der Waals surface area contributed by atoms with Crippen LogP contribution in [0.2, 0.25) is 0 Å². The first-order valence-corrected chi connectivity index (χ1v) is 18.3. The number of carbonyl (C=O) groups excluding carboxylic acids is 2. The van der Waals surface area contributed by atoms with Gasteiger partial charge in [0.25, 0.3) is 5.79 Å². The fraction of sp³-hybridized carbons (Fsp3) is 0.409. The molecule has 4 bridgehead atoms. The second-order valence-electron chi connectivity index (χ2n) is 14.0. The van der Waals surface area contributed by atoms with Crippen molar-refractivity contribution >= 4 is 30.2 Å². The lowest BCUT2D eigenvalue weighted by Crippen LogP contribution is -2.76. The molecule has 1 atom stereocenters. The van der Waals surface area contributed by atoms with Gasteiger partial charge >= 0.3 is 11.9 Å². The van der Waals surface area contributed by atoms with Crippen molar-refractivity contribution in [1.82, 2.24) is 0 Å². The molecule has 4 saturated carbocycles. The maximum absolute atomic E-state index is 11.4. The van der Waals surface area contributed by atoms with Crippen LogP contribution in [0.3, 0.4) is 0 Å². The molecule has 0 radical (unpaired) electrons. The number of hydrogen-bond acceptors (Lipinski definition) is 10. The zero-order valence-electron chi connectivity index (χ0n) is 32.1. The van der Waals surface area contributed by atoms with Crippen LogP contribution in [-0.4, -0.2) is 46.0 Å². The highest BCUT2D eigenvalue weighted by Crippen LogP contribution is 2.69. The van der Waals surface area contributed by atoms with Crippen molar-refractivity contribution in [2.24, 2.45) is 23.7 Å². The lowest BCUT2D eigenvalue weighted by atomic mass is 9.47. The normalized spacial score (nSPS) is 26.2. The van der Waals surface area contributed by atoms with Gasteiger partial charge in [0.1, 0.15) is 5.75 Å². The largest absolute Gasteiger partial charge is 0.872 e. The topological polar surface area (TPSA) is 136 Å². The molecule has 10 nitrogen and oxygen atoms in total. The summed E-state index contributed by atoms with van der Waals surface area (Å²) in [4.78, 5) is 34.0. The molecule has 54 heavy (non-hydrogen) atoms. The minimum Gasteiger partial charge on any atom is -0.872 e. The minimum atomic E-state index is -0.822. The van der Waals surface area contributed by atoms with E-state index >= 15 is 0 Å². The second-order valence-corrected chi connectivity index (χ2v) is 14.0. The van der Waals surface area contributed by atoms with E-state index in [4.69, 9.17) is 19.2 Å². The second kappa shape index (κ2) is 17.5. The van der Waals surface area contributed by atoms with Crippen LogP contribution in [0.15, 0.2) is 72.8 Å². The molecule has 4 aliphatic carbocycles. The van der Waals surface area contributed by atoms with Gasteiger partial charge in [-0.25, -0.2) is 14.5 Å². The number of esters is 2. The molecule has 0 N–H and O–H groups in total. The van der Waals surface area contributed by atoms with Gasteiger partial charge in [0.05, 0.1) is 32.5 Å². The van der Waals surface area contributed by atoms with Crippen molar-refractivity contribution in [2.75, 3.05) is 28.4 Å². The fourth-order valence-corrected chi connectivity index (χ4v) is 8.78. The quantitative estimate of drug-likeness (QED) is 0.166. The molecule has 8 rings (SSSR count). The van der Waals surface area contributed by atoms with Crippen LogP contribution < -0.4 is 14.9 Å². The molecule has 3 aromatic rings. The van der Waals surface area contributed by atoms with Crippen molar-refractivity contribution in [3.63, 3.8) is 0 Å². The van der Waals surface area contributed by atoms with Crippen LogP contribution in [0, 0.1) is 23.7 Å². The van der Waals surface area contributed by atoms with Crippen molar-refractivity contribution in [3.8, 4) is 17.2 Å². The summed E-state index contributed by atoms with van der Waals surface area (Å²) in [5.41, 5.74) is 3.42. The first-order chi connectivity index (χ1) is 26.0. The lowest BCUT2D eigenvalue weighted by molar-refractivity contribution is -0.645. The summed E-state index contributed by atoms with van der Waals surface area (Å²) in [6.45, 7) is 5.66. The van der Waals surface area contributed by atoms with Gasteiger partial charge in [0.15, 0.2) is 5.60 Å². The molecule has 1 unspecified atom stereocenters. The van der Waals surface area contributed by atoms with Crippen LogP contribution in [0.25, 0.3) is 18.2 Å². The molecule has 0 aromatic heterocycles. The highest BCUT2D eigenvalue weighted by molar-refractivity contribution is 5.90. The molecule has 5 fully saturated rings. The predicted octanol–water partition coefficient (Wildman–Crippen LogP) is 7.84. The zero-order valence-corrected chi connectivity index (χ0v) is 32.1. The van der Waals surface area contributed by atoms with E-state index < -0.39 is 17.7 Å². The van der Waals surface area contributed by atoms with E-state index in [-0.39, 0.29) is 28.2 Å². The summed E-state index contributed by atoms with van der Waals surface area (Å²) in [5, 5.41) is 22.8. The number of methoxy groups -OCH3 is 4. The molecule has 1 spiro atoms. The molecule has 1 heterocycles. The third-order valence-electron chi connectivity index (χ3n) is 11.0. The van der Waals surface area contributed by atoms with E-state index in [2.05, 4.69) is 33.7 Å². The van der Waals surface area contributed by atoms with Crippen molar-refractivity contribution in [3.05, 3.63) is 106 Å². The standard InChI is InChI=1S/C22H28O4.2C11H12O3/c1-4-5-16-6-7-17(13-20(16)23-2)22(24-3)21(25-26-22)18-9-14-8-15(11-18)12-19(21)10-14;2*1-3-4-8-5-6-9(7-10(8)12)11(13)14-2/h4-7,13-15,18-19H,8-12H2,1-3H3;2*3-7,12H,1-2H3/p-2/b5-4+;2*4-3+. The van der Waals surface area contributed by atoms with Crippen LogP contribution in [0.4, 0.5) is 0 Å². The van der Waals surface area contributed by atoms with E-state index in [0.717, 1.165) is 28.7 Å². The Labute approximate surface area is 317 Å². The van der Waals surface area contributed by atoms with E-state index in [1.54, 1.807) is 62.8 Å². The summed E-state index contributed by atoms with van der Waals surface area (Å²) in [5.74, 6) is 1.47. The zero-order chi connectivity index (χ0) is 39.0. The molecule has 1 saturated heterocycles. The minimum absolute atomic E-state index is 0.175. The summed E-state index contributed by atoms with van der Waals surface area (Å²) >= 11 is 0. The molecular formula is C44H50O10-2. The van der Waals surface area contributed by atoms with Crippen LogP contribution in [0.1, 0.15) is 95.8 Å². The van der Waals surface area contributed by atoms with E-state index in [1.165, 1.54) is 58.5 Å². The average molecular weight is 739 g/mol. The Hall–Kier alpha value is -4.90. The number of carbonyl (C=O) groups is 2. The molecule has 10 heteroatoms. The van der Waals surface area contributed by atoms with E-state index in [1.807, 2.05) is 26.8 Å². The van der Waals surface area contributed by atoms with Gasteiger partial charge in [0.2, 0.25) is 0 Å². The highest BCUT2D eigenvalue weighted by atomic mass is 17.3. The Balaban J connectivity index is 0.000000171. The number of ether oxygens (including phenoxy) is 4. The third-order valence-corrected chi connectivity index (χ3v) is 11.0. The lowest BCUT2D eigenvalue weighted by Gasteiger charge is -2.68. The first-order valence-electron chi connectivity index (χ1n) is 18.3. The Kier molecular flexibility index (Phi) is 13.1. The Bertz CT molecular complexity index is 1790. The van der Waals surface area contributed by atoms with E-state index in [0.29, 0.717) is 23.0 Å². The van der Waals surface area contributed by atoms with Crippen LogP contribution in [-0.2, 0) is 29.8 Å². The Morgan fingerprint density at radius 1 is 0.648 bits per heavy atom. The van der Waals surface area contributed by atoms with Crippen LogP contribution >= 0.6 is 0 Å². The van der Waals surface area contributed by atoms with Gasteiger partial charge in [-0.3, -0.25) is 0 Å². The predicted molar refractivity (Wildman–Crippen MR) is 202 cm³/mol. The maximum Gasteiger partial charge on any atom is 0.337 e. The smallest absolute Gasteiger partial charge is 0.337 e. The van der Waals surface area contributed by atoms with Gasteiger partial charge in [0, 0.05) is 18.2 Å². The Morgan fingerprint density at radius 2 is 1.11 bits per heavy atom. The SMILES string of the molecule is C/C=C/c1ccc(C(=O)OC)cc1[O-].C/C=C/c1ccc(C(=O)OC)cc1[O-].C/C=C/c1ccc(C2(OC)OOC23C2CC4CC(C2)CC3C4)cc1OC. The first kappa shape index (κ1) is 40.3. The summed E-state index contributed by atoms with van der Waals surface area (Å²) in [7, 11) is 6.03. The van der Waals surface area contributed by atoms with Crippen molar-refractivity contribution in [2.45, 2.75) is 64.3 Å². The summed E-state index contributed by atoms with van der Waals surface area (Å²) in [6.07, 6.45) is 17.4. The molecule has 5 aliphatic rings. The van der Waals surface area contributed by atoms with Crippen LogP contribution in [0.5, 0.6) is 17.2 Å². The monoisotopic (exact) mass is 738 g/mol. The molecule has 288 valence electrons. The van der Waals surface area contributed by atoms with Gasteiger partial charge in [-0.05, 0) is 106 Å². The average Bonchev–Trinajstić information content (AvgIpc) is 3.16. The molecular weight excluding hydrogens is 688 g/mol. The number of hydrogen-bond donors (Lipinski definition) is 0. The summed E-state index contributed by atoms with van der Waals surface area (Å²) < 4.78 is 20.7. The maximum atomic E-state index is 11.4. The molecule has 0 amide bonds. The fourth-order valence-electron chi connectivity index (χ4n) is 8.78. The summed E-state index contributed by atoms with van der Waals surface area (Å²) in [6, 6.07) is 15.2. The van der Waals surface area contributed by atoms with Crippen molar-refractivity contribution in [1.29, 1.82) is 0 Å². The Morgan fingerprint density at radius 3 is 1.48 bits per heavy atom. The highest BCUT2D eigenvalue weighted by Gasteiger charge is 2.76. The number of benzene rings is 3. The number of allylic oxidation sites excluding steroid dienone is 3. The third kappa shape index (κ3) is 7.69. The van der Waals surface area contributed by atoms with E-state index in [9.17, 15) is 19.8 Å². The van der Waals surface area contributed by atoms with Gasteiger partial charge < -0.3 is 29.2 Å². The van der Waals surface area contributed by atoms with Crippen molar-refractivity contribution < 1.29 is 48.5 Å². The molecule has 1 aliphatic heterocycles. The van der Waals surface area contributed by atoms with Gasteiger partial charge in [-0.1, -0.05) is 72.9 Å². The van der Waals surface area contributed by atoms with Gasteiger partial charge in [-0.2, -0.15) is 4.89 Å². The molecule has 3 aromatic carbocycles. The van der Waals surface area contributed by atoms with Gasteiger partial charge in [-0.15, -0.1) is 11.5 Å². The number of rotatable bonds is 8.